The minimum absolute atomic E-state index is 0.0946. The van der Waals surface area contributed by atoms with Crippen molar-refractivity contribution in [3.8, 4) is 11.5 Å². The van der Waals surface area contributed by atoms with Gasteiger partial charge in [0.25, 0.3) is 5.91 Å². The molecule has 4 nitrogen and oxygen atoms in total. The zero-order chi connectivity index (χ0) is 16.8. The maximum atomic E-state index is 12.0. The molecule has 0 heterocycles. The molecule has 0 unspecified atom stereocenters. The van der Waals surface area contributed by atoms with E-state index in [2.05, 4.69) is 11.4 Å². The highest BCUT2D eigenvalue weighted by atomic mass is 16.5. The van der Waals surface area contributed by atoms with E-state index in [9.17, 15) is 4.79 Å². The molecule has 0 spiro atoms. The Morgan fingerprint density at radius 2 is 1.78 bits per heavy atom. The lowest BCUT2D eigenvalue weighted by Gasteiger charge is -2.13. The maximum absolute atomic E-state index is 12.0. The van der Waals surface area contributed by atoms with Gasteiger partial charge in [-0.15, -0.1) is 0 Å². The van der Waals surface area contributed by atoms with E-state index in [-0.39, 0.29) is 5.91 Å². The van der Waals surface area contributed by atoms with Crippen LogP contribution in [-0.2, 0) is 6.61 Å². The molecule has 0 aliphatic rings. The molecule has 0 aliphatic carbocycles. The smallest absolute Gasteiger partial charge is 0.251 e. The van der Waals surface area contributed by atoms with Gasteiger partial charge in [0.15, 0.2) is 0 Å². The monoisotopic (exact) mass is 313 g/mol. The first-order valence-corrected chi connectivity index (χ1v) is 7.69. The summed E-state index contributed by atoms with van der Waals surface area (Å²) < 4.78 is 11.2. The van der Waals surface area contributed by atoms with Crippen LogP contribution in [0.5, 0.6) is 11.5 Å². The van der Waals surface area contributed by atoms with Gasteiger partial charge in [-0.05, 0) is 62.2 Å². The van der Waals surface area contributed by atoms with E-state index in [0.717, 1.165) is 22.4 Å². The van der Waals surface area contributed by atoms with E-state index in [1.165, 1.54) is 0 Å². The first-order chi connectivity index (χ1) is 11.0. The van der Waals surface area contributed by atoms with Crippen LogP contribution < -0.4 is 14.8 Å². The van der Waals surface area contributed by atoms with Gasteiger partial charge in [-0.2, -0.15) is 0 Å². The molecule has 0 radical (unpaired) electrons. The van der Waals surface area contributed by atoms with Gasteiger partial charge >= 0.3 is 0 Å². The number of aryl methyl sites for hydroxylation is 2. The SMILES string of the molecule is CCNC(=O)c1ccc(OC)c(COc2cc(C)cc(C)c2)c1. The molecular weight excluding hydrogens is 290 g/mol. The lowest BCUT2D eigenvalue weighted by atomic mass is 10.1. The van der Waals surface area contributed by atoms with Crippen LogP contribution in [0.15, 0.2) is 36.4 Å². The van der Waals surface area contributed by atoms with Crippen molar-refractivity contribution in [2.45, 2.75) is 27.4 Å². The van der Waals surface area contributed by atoms with Crippen molar-refractivity contribution in [2.24, 2.45) is 0 Å². The molecule has 2 aromatic carbocycles. The lowest BCUT2D eigenvalue weighted by Crippen LogP contribution is -2.22. The van der Waals surface area contributed by atoms with E-state index < -0.39 is 0 Å². The van der Waals surface area contributed by atoms with Crippen LogP contribution in [0.2, 0.25) is 0 Å². The molecule has 4 heteroatoms. The van der Waals surface area contributed by atoms with Crippen molar-refractivity contribution in [1.29, 1.82) is 0 Å². The summed E-state index contributed by atoms with van der Waals surface area (Å²) in [6, 6.07) is 11.4. The van der Waals surface area contributed by atoms with E-state index >= 15 is 0 Å². The summed E-state index contributed by atoms with van der Waals surface area (Å²) in [6.45, 7) is 6.91. The predicted octanol–water partition coefficient (Wildman–Crippen LogP) is 3.64. The number of methoxy groups -OCH3 is 1. The van der Waals surface area contributed by atoms with Crippen LogP contribution in [0.3, 0.4) is 0 Å². The van der Waals surface area contributed by atoms with E-state index in [4.69, 9.17) is 9.47 Å². The number of carbonyl (C=O) groups is 1. The van der Waals surface area contributed by atoms with E-state index in [0.29, 0.717) is 24.5 Å². The van der Waals surface area contributed by atoms with Crippen LogP contribution >= 0.6 is 0 Å². The zero-order valence-corrected chi connectivity index (χ0v) is 14.1. The van der Waals surface area contributed by atoms with Gasteiger partial charge < -0.3 is 14.8 Å². The molecule has 0 saturated heterocycles. The minimum atomic E-state index is -0.0946. The third-order valence-corrected chi connectivity index (χ3v) is 3.47. The Kier molecular flexibility index (Phi) is 5.63. The van der Waals surface area contributed by atoms with Gasteiger partial charge in [-0.3, -0.25) is 4.79 Å². The van der Waals surface area contributed by atoms with Crippen LogP contribution in [0, 0.1) is 13.8 Å². The molecule has 2 rings (SSSR count). The second-order valence-corrected chi connectivity index (χ2v) is 5.50. The molecule has 0 aromatic heterocycles. The van der Waals surface area contributed by atoms with Crippen molar-refractivity contribution < 1.29 is 14.3 Å². The van der Waals surface area contributed by atoms with Gasteiger partial charge in [0.05, 0.1) is 7.11 Å². The van der Waals surface area contributed by atoms with E-state index in [1.807, 2.05) is 39.0 Å². The summed E-state index contributed by atoms with van der Waals surface area (Å²) in [7, 11) is 1.61. The van der Waals surface area contributed by atoms with Crippen molar-refractivity contribution in [2.75, 3.05) is 13.7 Å². The third kappa shape index (κ3) is 4.49. The molecule has 1 N–H and O–H groups in total. The summed E-state index contributed by atoms with van der Waals surface area (Å²) >= 11 is 0. The topological polar surface area (TPSA) is 47.6 Å². The Morgan fingerprint density at radius 1 is 1.09 bits per heavy atom. The molecule has 23 heavy (non-hydrogen) atoms. The molecule has 1 amide bonds. The van der Waals surface area contributed by atoms with Gasteiger partial charge in [-0.1, -0.05) is 6.07 Å². The highest BCUT2D eigenvalue weighted by Crippen LogP contribution is 2.23. The van der Waals surface area contributed by atoms with Crippen LogP contribution in [-0.4, -0.2) is 19.6 Å². The predicted molar refractivity (Wildman–Crippen MR) is 91.2 cm³/mol. The first kappa shape index (κ1) is 16.9. The largest absolute Gasteiger partial charge is 0.496 e. The Bertz CT molecular complexity index is 675. The van der Waals surface area contributed by atoms with Gasteiger partial charge in [-0.25, -0.2) is 0 Å². The average molecular weight is 313 g/mol. The lowest BCUT2D eigenvalue weighted by molar-refractivity contribution is 0.0955. The average Bonchev–Trinajstić information content (AvgIpc) is 2.52. The van der Waals surface area contributed by atoms with Crippen molar-refractivity contribution in [3.63, 3.8) is 0 Å². The summed E-state index contributed by atoms with van der Waals surface area (Å²) in [5.41, 5.74) is 3.76. The summed E-state index contributed by atoms with van der Waals surface area (Å²) in [5, 5.41) is 2.79. The maximum Gasteiger partial charge on any atom is 0.251 e. The highest BCUT2D eigenvalue weighted by molar-refractivity contribution is 5.94. The Labute approximate surface area is 137 Å². The second kappa shape index (κ2) is 7.68. The molecule has 122 valence electrons. The fourth-order valence-electron chi connectivity index (χ4n) is 2.47. The quantitative estimate of drug-likeness (QED) is 0.885. The first-order valence-electron chi connectivity index (χ1n) is 7.69. The fraction of sp³-hybridized carbons (Fsp3) is 0.316. The number of ether oxygens (including phenoxy) is 2. The molecule has 0 saturated carbocycles. The fourth-order valence-corrected chi connectivity index (χ4v) is 2.47. The van der Waals surface area contributed by atoms with Gasteiger partial charge in [0.1, 0.15) is 18.1 Å². The second-order valence-electron chi connectivity index (χ2n) is 5.50. The normalized spacial score (nSPS) is 10.3. The van der Waals surface area contributed by atoms with Gasteiger partial charge in [0, 0.05) is 17.7 Å². The summed E-state index contributed by atoms with van der Waals surface area (Å²) in [4.78, 5) is 12.0. The number of rotatable bonds is 6. The number of hydrogen-bond acceptors (Lipinski definition) is 3. The molecule has 0 bridgehead atoms. The number of carbonyl (C=O) groups excluding carboxylic acids is 1. The zero-order valence-electron chi connectivity index (χ0n) is 14.1. The Balaban J connectivity index is 2.19. The molecule has 0 aliphatic heterocycles. The molecule has 0 atom stereocenters. The number of benzene rings is 2. The minimum Gasteiger partial charge on any atom is -0.496 e. The standard InChI is InChI=1S/C19H23NO3/c1-5-20-19(21)15-6-7-18(22-4)16(11-15)12-23-17-9-13(2)8-14(3)10-17/h6-11H,5,12H2,1-4H3,(H,20,21). The summed E-state index contributed by atoms with van der Waals surface area (Å²) in [6.07, 6.45) is 0. The van der Waals surface area contributed by atoms with Crippen molar-refractivity contribution in [1.82, 2.24) is 5.32 Å². The molecular formula is C19H23NO3. The molecule has 2 aromatic rings. The Hall–Kier alpha value is -2.49. The van der Waals surface area contributed by atoms with Crippen molar-refractivity contribution in [3.05, 3.63) is 58.7 Å². The van der Waals surface area contributed by atoms with Gasteiger partial charge in [0.2, 0.25) is 0 Å². The van der Waals surface area contributed by atoms with E-state index in [1.54, 1.807) is 19.2 Å². The number of nitrogens with one attached hydrogen (secondary N) is 1. The summed E-state index contributed by atoms with van der Waals surface area (Å²) in [5.74, 6) is 1.43. The van der Waals surface area contributed by atoms with Crippen LogP contribution in [0.1, 0.15) is 34.0 Å². The number of amides is 1. The molecule has 0 fully saturated rings. The van der Waals surface area contributed by atoms with Crippen molar-refractivity contribution >= 4 is 5.91 Å². The van der Waals surface area contributed by atoms with Crippen LogP contribution in [0.25, 0.3) is 0 Å². The van der Waals surface area contributed by atoms with Crippen LogP contribution in [0.4, 0.5) is 0 Å². The number of hydrogen-bond donors (Lipinski definition) is 1. The highest BCUT2D eigenvalue weighted by Gasteiger charge is 2.10. The Morgan fingerprint density at radius 3 is 2.39 bits per heavy atom. The third-order valence-electron chi connectivity index (χ3n) is 3.47.